The van der Waals surface area contributed by atoms with E-state index in [-0.39, 0.29) is 21.2 Å². The van der Waals surface area contributed by atoms with E-state index in [1.54, 1.807) is 24.3 Å². The smallest absolute Gasteiger partial charge is 0.294 e. The molecule has 2 aromatic rings. The highest BCUT2D eigenvalue weighted by atomic mass is 35.5. The van der Waals surface area contributed by atoms with Crippen LogP contribution in [0.25, 0.3) is 6.08 Å². The minimum Gasteiger partial charge on any atom is -0.325 e. The van der Waals surface area contributed by atoms with Crippen LogP contribution in [-0.2, 0) is 9.59 Å². The summed E-state index contributed by atoms with van der Waals surface area (Å²) < 4.78 is 0. The number of halogens is 2. The first-order valence-corrected chi connectivity index (χ1v) is 9.56. The molecule has 3 rings (SSSR count). The predicted octanol–water partition coefficient (Wildman–Crippen LogP) is 4.58. The molecule has 1 saturated heterocycles. The zero-order chi connectivity index (χ0) is 21.1. The summed E-state index contributed by atoms with van der Waals surface area (Å²) in [6.45, 7) is -0.479. The Morgan fingerprint density at radius 3 is 2.52 bits per heavy atom. The molecule has 0 saturated carbocycles. The lowest BCUT2D eigenvalue weighted by Crippen LogP contribution is -2.36. The van der Waals surface area contributed by atoms with Gasteiger partial charge in [0, 0.05) is 33.4 Å². The monoisotopic (exact) mass is 451 g/mol. The Balaban J connectivity index is 1.75. The maximum absolute atomic E-state index is 12.5. The second-order valence-corrected chi connectivity index (χ2v) is 7.62. The molecule has 1 aliphatic heterocycles. The summed E-state index contributed by atoms with van der Waals surface area (Å²) in [4.78, 5) is 48.0. The number of imide groups is 1. The topological polar surface area (TPSA) is 110 Å². The van der Waals surface area contributed by atoms with Gasteiger partial charge < -0.3 is 5.32 Å². The van der Waals surface area contributed by atoms with Gasteiger partial charge in [-0.25, -0.2) is 0 Å². The van der Waals surface area contributed by atoms with Crippen LogP contribution in [0.4, 0.5) is 16.2 Å². The SMILES string of the molecule is O=C(CN1C(=O)S/C(=C\c2cc([N+](=O)[O-])ccc2Cl)C1=O)Nc1ccc(Cl)cc1. The number of carbonyl (C=O) groups is 3. The van der Waals surface area contributed by atoms with E-state index < -0.39 is 28.5 Å². The van der Waals surface area contributed by atoms with Crippen LogP contribution in [0.5, 0.6) is 0 Å². The average Bonchev–Trinajstić information content (AvgIpc) is 2.92. The van der Waals surface area contributed by atoms with E-state index in [1.165, 1.54) is 24.3 Å². The van der Waals surface area contributed by atoms with Crippen molar-refractivity contribution in [1.29, 1.82) is 0 Å². The zero-order valence-corrected chi connectivity index (χ0v) is 16.8. The number of nitro benzene ring substituents is 1. The molecule has 0 radical (unpaired) electrons. The van der Waals surface area contributed by atoms with Crippen LogP contribution < -0.4 is 5.32 Å². The molecule has 29 heavy (non-hydrogen) atoms. The summed E-state index contributed by atoms with van der Waals surface area (Å²) in [5.41, 5.74) is 0.476. The molecule has 0 aromatic heterocycles. The number of hydrogen-bond acceptors (Lipinski definition) is 6. The van der Waals surface area contributed by atoms with Crippen LogP contribution >= 0.6 is 35.0 Å². The van der Waals surface area contributed by atoms with E-state index >= 15 is 0 Å². The first-order chi connectivity index (χ1) is 13.7. The van der Waals surface area contributed by atoms with Crippen molar-refractivity contribution in [1.82, 2.24) is 4.90 Å². The van der Waals surface area contributed by atoms with Crippen molar-refractivity contribution in [2.24, 2.45) is 0 Å². The van der Waals surface area contributed by atoms with Crippen LogP contribution in [-0.4, -0.2) is 33.4 Å². The van der Waals surface area contributed by atoms with Crippen molar-refractivity contribution >= 4 is 69.5 Å². The minimum absolute atomic E-state index is 0.0108. The van der Waals surface area contributed by atoms with Crippen molar-refractivity contribution < 1.29 is 19.3 Å². The van der Waals surface area contributed by atoms with E-state index in [0.29, 0.717) is 22.5 Å². The van der Waals surface area contributed by atoms with Gasteiger partial charge in [0.2, 0.25) is 5.91 Å². The molecule has 3 amide bonds. The first kappa shape index (κ1) is 20.8. The van der Waals surface area contributed by atoms with Crippen LogP contribution in [0.2, 0.25) is 10.0 Å². The molecule has 1 N–H and O–H groups in total. The molecule has 1 fully saturated rings. The summed E-state index contributed by atoms with van der Waals surface area (Å²) in [6, 6.07) is 10.1. The van der Waals surface area contributed by atoms with Crippen molar-refractivity contribution in [2.45, 2.75) is 0 Å². The second-order valence-electron chi connectivity index (χ2n) is 5.79. The Labute approximate surface area is 178 Å². The van der Waals surface area contributed by atoms with Gasteiger partial charge in [-0.1, -0.05) is 23.2 Å². The second kappa shape index (κ2) is 8.64. The molecule has 1 heterocycles. The van der Waals surface area contributed by atoms with Gasteiger partial charge in [-0.05, 0) is 48.2 Å². The number of nitrogens with zero attached hydrogens (tertiary/aromatic N) is 2. The third-order valence-electron chi connectivity index (χ3n) is 3.78. The van der Waals surface area contributed by atoms with Gasteiger partial charge in [-0.15, -0.1) is 0 Å². The molecule has 0 unspecified atom stereocenters. The van der Waals surface area contributed by atoms with E-state index in [4.69, 9.17) is 23.2 Å². The van der Waals surface area contributed by atoms with Gasteiger partial charge in [0.25, 0.3) is 16.8 Å². The van der Waals surface area contributed by atoms with Crippen molar-refractivity contribution in [3.05, 3.63) is 73.1 Å². The molecule has 0 aliphatic carbocycles. The number of thioether (sulfide) groups is 1. The Hall–Kier alpha value is -2.88. The Morgan fingerprint density at radius 2 is 1.86 bits per heavy atom. The number of nitro groups is 1. The average molecular weight is 452 g/mol. The van der Waals surface area contributed by atoms with Gasteiger partial charge >= 0.3 is 0 Å². The molecular weight excluding hydrogens is 441 g/mol. The highest BCUT2D eigenvalue weighted by molar-refractivity contribution is 8.18. The summed E-state index contributed by atoms with van der Waals surface area (Å²) in [6.07, 6.45) is 1.29. The van der Waals surface area contributed by atoms with E-state index in [0.717, 1.165) is 4.90 Å². The fourth-order valence-corrected chi connectivity index (χ4v) is 3.54. The largest absolute Gasteiger partial charge is 0.325 e. The van der Waals surface area contributed by atoms with Gasteiger partial charge in [-0.3, -0.25) is 29.4 Å². The van der Waals surface area contributed by atoms with Crippen molar-refractivity contribution in [3.63, 3.8) is 0 Å². The Kier molecular flexibility index (Phi) is 6.21. The third kappa shape index (κ3) is 4.94. The number of benzene rings is 2. The lowest BCUT2D eigenvalue weighted by Gasteiger charge is -2.12. The predicted molar refractivity (Wildman–Crippen MR) is 111 cm³/mol. The molecule has 0 spiro atoms. The summed E-state index contributed by atoms with van der Waals surface area (Å²) in [5, 5.41) is 13.5. The van der Waals surface area contributed by atoms with E-state index in [2.05, 4.69) is 5.32 Å². The standard InChI is InChI=1S/C18H11Cl2N3O5S/c19-11-1-3-12(4-2-11)21-16(24)9-22-17(25)15(29-18(22)26)8-10-7-13(23(27)28)5-6-14(10)20/h1-8H,9H2,(H,21,24)/b15-8-. The zero-order valence-electron chi connectivity index (χ0n) is 14.4. The van der Waals surface area contributed by atoms with Crippen LogP contribution in [0.3, 0.4) is 0 Å². The van der Waals surface area contributed by atoms with Gasteiger partial charge in [0.15, 0.2) is 0 Å². The van der Waals surface area contributed by atoms with Gasteiger partial charge in [0.1, 0.15) is 6.54 Å². The van der Waals surface area contributed by atoms with Crippen LogP contribution in [0.1, 0.15) is 5.56 Å². The number of carbonyl (C=O) groups excluding carboxylic acids is 3. The first-order valence-electron chi connectivity index (χ1n) is 7.99. The lowest BCUT2D eigenvalue weighted by molar-refractivity contribution is -0.384. The fourth-order valence-electron chi connectivity index (χ4n) is 2.41. The molecule has 1 aliphatic rings. The minimum atomic E-state index is -0.686. The number of amides is 3. The molecule has 11 heteroatoms. The summed E-state index contributed by atoms with van der Waals surface area (Å²) in [7, 11) is 0. The summed E-state index contributed by atoms with van der Waals surface area (Å²) >= 11 is 12.4. The molecule has 2 aromatic carbocycles. The Bertz CT molecular complexity index is 1060. The maximum Gasteiger partial charge on any atom is 0.294 e. The van der Waals surface area contributed by atoms with Crippen LogP contribution in [0.15, 0.2) is 47.4 Å². The van der Waals surface area contributed by atoms with Crippen molar-refractivity contribution in [3.8, 4) is 0 Å². The van der Waals surface area contributed by atoms with E-state index in [9.17, 15) is 24.5 Å². The molecule has 0 bridgehead atoms. The molecule has 8 nitrogen and oxygen atoms in total. The highest BCUT2D eigenvalue weighted by Crippen LogP contribution is 2.34. The molecule has 148 valence electrons. The number of rotatable bonds is 5. The van der Waals surface area contributed by atoms with E-state index in [1.807, 2.05) is 0 Å². The Morgan fingerprint density at radius 1 is 1.17 bits per heavy atom. The number of anilines is 1. The maximum atomic E-state index is 12.5. The van der Waals surface area contributed by atoms with Gasteiger partial charge in [-0.2, -0.15) is 0 Å². The number of non-ortho nitro benzene ring substituents is 1. The third-order valence-corrected chi connectivity index (χ3v) is 5.28. The van der Waals surface area contributed by atoms with Crippen LogP contribution in [0, 0.1) is 10.1 Å². The quantitative estimate of drug-likeness (QED) is 0.404. The normalized spacial score (nSPS) is 15.1. The lowest BCUT2D eigenvalue weighted by atomic mass is 10.2. The summed E-state index contributed by atoms with van der Waals surface area (Å²) in [5.74, 6) is -1.25. The van der Waals surface area contributed by atoms with Gasteiger partial charge in [0.05, 0.1) is 9.83 Å². The highest BCUT2D eigenvalue weighted by Gasteiger charge is 2.36. The number of nitrogens with one attached hydrogen (secondary N) is 1. The van der Waals surface area contributed by atoms with Crippen molar-refractivity contribution in [2.75, 3.05) is 11.9 Å². The molecular formula is C18H11Cl2N3O5S. The number of hydrogen-bond donors (Lipinski definition) is 1. The fraction of sp³-hybridized carbons (Fsp3) is 0.0556. The molecule has 0 atom stereocenters.